The van der Waals surface area contributed by atoms with Gasteiger partial charge in [-0.1, -0.05) is 17.3 Å². The van der Waals surface area contributed by atoms with Crippen molar-refractivity contribution < 1.29 is 14.0 Å². The molecule has 1 atom stereocenters. The van der Waals surface area contributed by atoms with Crippen LogP contribution in [0.1, 0.15) is 17.8 Å². The molecule has 1 aromatic heterocycles. The molecule has 6 heteroatoms. The first kappa shape index (κ1) is 10.1. The smallest absolute Gasteiger partial charge is 0.271 e. The highest BCUT2D eigenvalue weighted by Gasteiger charge is 2.27. The summed E-state index contributed by atoms with van der Waals surface area (Å²) < 4.78 is 16.3. The summed E-state index contributed by atoms with van der Waals surface area (Å²) in [6, 6.07) is 7.46. The van der Waals surface area contributed by atoms with E-state index in [1.807, 2.05) is 24.3 Å². The minimum absolute atomic E-state index is 0.244. The Morgan fingerprint density at radius 2 is 2.12 bits per heavy atom. The van der Waals surface area contributed by atoms with Gasteiger partial charge < -0.3 is 19.7 Å². The van der Waals surface area contributed by atoms with Crippen molar-refractivity contribution in [2.75, 3.05) is 6.61 Å². The predicted molar refractivity (Wildman–Crippen MR) is 57.5 cm³/mol. The molecule has 88 valence electrons. The molecule has 1 aliphatic heterocycles. The molecule has 2 aromatic rings. The van der Waals surface area contributed by atoms with Gasteiger partial charge in [-0.05, 0) is 12.1 Å². The van der Waals surface area contributed by atoms with E-state index >= 15 is 0 Å². The second-order valence-electron chi connectivity index (χ2n) is 3.62. The summed E-state index contributed by atoms with van der Waals surface area (Å²) in [7, 11) is 0. The normalized spacial score (nSPS) is 18.1. The summed E-state index contributed by atoms with van der Waals surface area (Å²) in [6.45, 7) is 0.594. The van der Waals surface area contributed by atoms with Crippen molar-refractivity contribution in [3.63, 3.8) is 0 Å². The molecule has 1 aromatic carbocycles. The zero-order valence-electron chi connectivity index (χ0n) is 9.00. The largest absolute Gasteiger partial charge is 0.485 e. The molecule has 0 fully saturated rings. The monoisotopic (exact) mass is 233 g/mol. The van der Waals surface area contributed by atoms with Gasteiger partial charge in [0.05, 0.1) is 6.54 Å². The lowest BCUT2D eigenvalue weighted by atomic mass is 10.2. The average molecular weight is 233 g/mol. The molecule has 0 saturated heterocycles. The predicted octanol–water partition coefficient (Wildman–Crippen LogP) is 1.04. The fraction of sp³-hybridized carbons (Fsp3) is 0.273. The summed E-state index contributed by atoms with van der Waals surface area (Å²) in [4.78, 5) is 4.12. The van der Waals surface area contributed by atoms with Crippen LogP contribution in [0.15, 0.2) is 28.8 Å². The van der Waals surface area contributed by atoms with E-state index in [4.69, 9.17) is 19.7 Å². The van der Waals surface area contributed by atoms with E-state index in [2.05, 4.69) is 10.1 Å². The van der Waals surface area contributed by atoms with Crippen LogP contribution < -0.4 is 15.2 Å². The second kappa shape index (κ2) is 4.06. The molecule has 0 aliphatic carbocycles. The maximum atomic E-state index is 5.71. The first-order chi connectivity index (χ1) is 8.36. The summed E-state index contributed by atoms with van der Waals surface area (Å²) >= 11 is 0. The molecule has 3 rings (SSSR count). The van der Waals surface area contributed by atoms with Crippen molar-refractivity contribution in [2.45, 2.75) is 12.6 Å². The van der Waals surface area contributed by atoms with Gasteiger partial charge in [0.15, 0.2) is 17.3 Å². The Hall–Kier alpha value is -2.08. The molecule has 0 saturated carbocycles. The van der Waals surface area contributed by atoms with Crippen LogP contribution in [0.3, 0.4) is 0 Å². The standard InChI is InChI=1S/C11H11N3O3/c12-5-10-13-11(17-14-10)9-6-15-7-3-1-2-4-8(7)16-9/h1-4,9H,5-6,12H2/t9-/m1/s1. The van der Waals surface area contributed by atoms with Crippen LogP contribution in [-0.2, 0) is 6.54 Å². The van der Waals surface area contributed by atoms with E-state index in [9.17, 15) is 0 Å². The number of rotatable bonds is 2. The van der Waals surface area contributed by atoms with Gasteiger partial charge in [-0.15, -0.1) is 0 Å². The van der Waals surface area contributed by atoms with Crippen LogP contribution in [0.4, 0.5) is 0 Å². The van der Waals surface area contributed by atoms with E-state index in [1.165, 1.54) is 0 Å². The van der Waals surface area contributed by atoms with Crippen molar-refractivity contribution in [2.24, 2.45) is 5.73 Å². The summed E-state index contributed by atoms with van der Waals surface area (Å²) in [5, 5.41) is 3.72. The van der Waals surface area contributed by atoms with Gasteiger partial charge in [-0.2, -0.15) is 4.98 Å². The van der Waals surface area contributed by atoms with Crippen LogP contribution in [0.25, 0.3) is 0 Å². The van der Waals surface area contributed by atoms with Gasteiger partial charge in [0.2, 0.25) is 6.10 Å². The van der Waals surface area contributed by atoms with Crippen molar-refractivity contribution in [3.05, 3.63) is 36.0 Å². The lowest BCUT2D eigenvalue weighted by Crippen LogP contribution is -2.21. The van der Waals surface area contributed by atoms with Gasteiger partial charge in [-0.3, -0.25) is 0 Å². The number of hydrogen-bond acceptors (Lipinski definition) is 6. The van der Waals surface area contributed by atoms with Crippen molar-refractivity contribution >= 4 is 0 Å². The van der Waals surface area contributed by atoms with Gasteiger partial charge in [0.25, 0.3) is 5.89 Å². The Morgan fingerprint density at radius 3 is 2.88 bits per heavy atom. The Morgan fingerprint density at radius 1 is 1.29 bits per heavy atom. The molecule has 17 heavy (non-hydrogen) atoms. The summed E-state index contributed by atoms with van der Waals surface area (Å²) in [5.74, 6) is 2.25. The van der Waals surface area contributed by atoms with Gasteiger partial charge in [0, 0.05) is 0 Å². The Labute approximate surface area is 97.3 Å². The fourth-order valence-corrected chi connectivity index (χ4v) is 1.62. The van der Waals surface area contributed by atoms with E-state index < -0.39 is 0 Å². The number of ether oxygens (including phenoxy) is 2. The summed E-state index contributed by atoms with van der Waals surface area (Å²) in [6.07, 6.45) is -0.377. The van der Waals surface area contributed by atoms with Crippen LogP contribution >= 0.6 is 0 Å². The average Bonchev–Trinajstić information content (AvgIpc) is 2.87. The first-order valence-corrected chi connectivity index (χ1v) is 5.28. The number of fused-ring (bicyclic) bond motifs is 1. The van der Waals surface area contributed by atoms with Gasteiger partial charge in [-0.25, -0.2) is 0 Å². The number of para-hydroxylation sites is 2. The highest BCUT2D eigenvalue weighted by atomic mass is 16.6. The SMILES string of the molecule is NCc1noc([C@H]2COc3ccccc3O2)n1. The van der Waals surface area contributed by atoms with Crippen molar-refractivity contribution in [1.82, 2.24) is 10.1 Å². The van der Waals surface area contributed by atoms with Crippen LogP contribution in [0, 0.1) is 0 Å². The maximum Gasteiger partial charge on any atom is 0.271 e. The zero-order valence-corrected chi connectivity index (χ0v) is 9.00. The molecule has 0 amide bonds. The highest BCUT2D eigenvalue weighted by molar-refractivity contribution is 5.40. The third-order valence-electron chi connectivity index (χ3n) is 2.45. The number of nitrogens with zero attached hydrogens (tertiary/aromatic N) is 2. The molecule has 2 N–H and O–H groups in total. The van der Waals surface area contributed by atoms with Crippen LogP contribution in [-0.4, -0.2) is 16.7 Å². The number of hydrogen-bond donors (Lipinski definition) is 1. The van der Waals surface area contributed by atoms with E-state index in [0.29, 0.717) is 24.1 Å². The fourth-order valence-electron chi connectivity index (χ4n) is 1.62. The number of benzene rings is 1. The molecule has 0 radical (unpaired) electrons. The zero-order chi connectivity index (χ0) is 11.7. The molecule has 0 unspecified atom stereocenters. The number of aromatic nitrogens is 2. The van der Waals surface area contributed by atoms with Gasteiger partial charge >= 0.3 is 0 Å². The van der Waals surface area contributed by atoms with Crippen LogP contribution in [0.5, 0.6) is 11.5 Å². The first-order valence-electron chi connectivity index (χ1n) is 5.28. The highest BCUT2D eigenvalue weighted by Crippen LogP contribution is 2.35. The van der Waals surface area contributed by atoms with E-state index in [0.717, 1.165) is 5.75 Å². The minimum atomic E-state index is -0.377. The second-order valence-corrected chi connectivity index (χ2v) is 3.62. The topological polar surface area (TPSA) is 83.4 Å². The Kier molecular flexibility index (Phi) is 2.41. The molecule has 0 bridgehead atoms. The Bertz CT molecular complexity index is 526. The van der Waals surface area contributed by atoms with Crippen molar-refractivity contribution in [1.29, 1.82) is 0 Å². The molecule has 6 nitrogen and oxygen atoms in total. The molecular weight excluding hydrogens is 222 g/mol. The van der Waals surface area contributed by atoms with Crippen LogP contribution in [0.2, 0.25) is 0 Å². The van der Waals surface area contributed by atoms with Crippen molar-refractivity contribution in [3.8, 4) is 11.5 Å². The molecular formula is C11H11N3O3. The molecule has 2 heterocycles. The summed E-state index contributed by atoms with van der Waals surface area (Å²) in [5.41, 5.74) is 5.41. The number of nitrogens with two attached hydrogens (primary N) is 1. The molecule has 1 aliphatic rings. The van der Waals surface area contributed by atoms with E-state index in [1.54, 1.807) is 0 Å². The lowest BCUT2D eigenvalue weighted by molar-refractivity contribution is 0.0665. The van der Waals surface area contributed by atoms with Gasteiger partial charge in [0.1, 0.15) is 6.61 Å². The Balaban J connectivity index is 1.84. The lowest BCUT2D eigenvalue weighted by Gasteiger charge is -2.23. The third-order valence-corrected chi connectivity index (χ3v) is 2.45. The quantitative estimate of drug-likeness (QED) is 0.834. The van der Waals surface area contributed by atoms with E-state index in [-0.39, 0.29) is 12.6 Å². The minimum Gasteiger partial charge on any atom is -0.485 e. The maximum absolute atomic E-state index is 5.71. The molecule has 0 spiro atoms. The third kappa shape index (κ3) is 1.83.